The van der Waals surface area contributed by atoms with E-state index in [-0.39, 0.29) is 17.8 Å². The van der Waals surface area contributed by atoms with Gasteiger partial charge in [-0.2, -0.15) is 0 Å². The summed E-state index contributed by atoms with van der Waals surface area (Å²) in [7, 11) is 0. The molecule has 1 saturated heterocycles. The van der Waals surface area contributed by atoms with Gasteiger partial charge in [0.1, 0.15) is 0 Å². The summed E-state index contributed by atoms with van der Waals surface area (Å²) >= 11 is 7.96. The van der Waals surface area contributed by atoms with Crippen LogP contribution in [0.1, 0.15) is 25.3 Å². The van der Waals surface area contributed by atoms with Gasteiger partial charge in [0.15, 0.2) is 0 Å². The number of hydrogen-bond donors (Lipinski definition) is 0. The van der Waals surface area contributed by atoms with E-state index < -0.39 is 0 Å². The molecule has 1 aliphatic rings. The highest BCUT2D eigenvalue weighted by atomic mass is 35.5. The number of ether oxygens (including phenoxy) is 1. The summed E-state index contributed by atoms with van der Waals surface area (Å²) in [5.74, 6) is 0.270. The Morgan fingerprint density at radius 3 is 2.43 bits per heavy atom. The van der Waals surface area contributed by atoms with E-state index in [1.165, 1.54) is 0 Å². The maximum atomic E-state index is 13.3. The number of benzene rings is 2. The van der Waals surface area contributed by atoms with E-state index in [4.69, 9.17) is 16.3 Å². The van der Waals surface area contributed by atoms with Crippen molar-refractivity contribution in [2.75, 3.05) is 25.4 Å². The lowest BCUT2D eigenvalue weighted by Crippen LogP contribution is -2.41. The van der Waals surface area contributed by atoms with E-state index in [1.54, 1.807) is 11.8 Å². The predicted molar refractivity (Wildman–Crippen MR) is 123 cm³/mol. The van der Waals surface area contributed by atoms with Crippen molar-refractivity contribution in [1.29, 1.82) is 0 Å². The fourth-order valence-electron chi connectivity index (χ4n) is 3.40. The van der Waals surface area contributed by atoms with E-state index in [0.717, 1.165) is 10.5 Å². The number of nitrogens with zero attached hydrogens (tertiary/aromatic N) is 1. The summed E-state index contributed by atoms with van der Waals surface area (Å²) in [6.07, 6.45) is 3.16. The highest BCUT2D eigenvalue weighted by Gasteiger charge is 2.29. The van der Waals surface area contributed by atoms with Gasteiger partial charge >= 0.3 is 5.97 Å². The van der Waals surface area contributed by atoms with Crippen molar-refractivity contribution in [3.05, 3.63) is 70.8 Å². The lowest BCUT2D eigenvalue weighted by atomic mass is 9.96. The Morgan fingerprint density at radius 2 is 1.77 bits per heavy atom. The van der Waals surface area contributed by atoms with Crippen molar-refractivity contribution >= 4 is 41.3 Å². The number of amides is 1. The van der Waals surface area contributed by atoms with Gasteiger partial charge in [0.05, 0.1) is 12.5 Å². The SMILES string of the molecule is CCOC(=O)C1CCN(C(=O)/C(=C/c2ccccc2Cl)CSc2ccccc2)CC1. The van der Waals surface area contributed by atoms with Gasteiger partial charge in [-0.1, -0.05) is 48.0 Å². The Hall–Kier alpha value is -2.24. The van der Waals surface area contributed by atoms with Gasteiger partial charge < -0.3 is 9.64 Å². The third-order valence-corrected chi connectivity index (χ3v) is 6.45. The fourth-order valence-corrected chi connectivity index (χ4v) is 4.47. The second-order valence-electron chi connectivity index (χ2n) is 7.11. The average molecular weight is 444 g/mol. The molecule has 1 fully saturated rings. The van der Waals surface area contributed by atoms with Gasteiger partial charge in [-0.25, -0.2) is 0 Å². The number of likely N-dealkylation sites (tertiary alicyclic amines) is 1. The maximum Gasteiger partial charge on any atom is 0.309 e. The van der Waals surface area contributed by atoms with E-state index in [9.17, 15) is 9.59 Å². The first-order valence-corrected chi connectivity index (χ1v) is 11.5. The van der Waals surface area contributed by atoms with Crippen LogP contribution in [0.3, 0.4) is 0 Å². The summed E-state index contributed by atoms with van der Waals surface area (Å²) in [4.78, 5) is 28.3. The number of halogens is 1. The van der Waals surface area contributed by atoms with Crippen LogP contribution in [-0.4, -0.2) is 42.2 Å². The zero-order valence-corrected chi connectivity index (χ0v) is 18.6. The molecule has 1 aliphatic heterocycles. The Kier molecular flexibility index (Phi) is 8.40. The molecule has 0 spiro atoms. The molecule has 0 bridgehead atoms. The predicted octanol–water partition coefficient (Wildman–Crippen LogP) is 5.32. The van der Waals surface area contributed by atoms with Crippen LogP contribution < -0.4 is 0 Å². The lowest BCUT2D eigenvalue weighted by molar-refractivity contribution is -0.150. The molecule has 158 valence electrons. The zero-order chi connectivity index (χ0) is 21.3. The van der Waals surface area contributed by atoms with E-state index in [2.05, 4.69) is 0 Å². The highest BCUT2D eigenvalue weighted by Crippen LogP contribution is 2.27. The van der Waals surface area contributed by atoms with Gasteiger partial charge in [-0.05, 0) is 49.6 Å². The first-order chi connectivity index (χ1) is 14.6. The van der Waals surface area contributed by atoms with Crippen LogP contribution in [-0.2, 0) is 14.3 Å². The van der Waals surface area contributed by atoms with Crippen LogP contribution in [0.15, 0.2) is 65.1 Å². The smallest absolute Gasteiger partial charge is 0.309 e. The maximum absolute atomic E-state index is 13.3. The van der Waals surface area contributed by atoms with Crippen molar-refractivity contribution in [1.82, 2.24) is 4.90 Å². The Bertz CT molecular complexity index is 892. The largest absolute Gasteiger partial charge is 0.466 e. The van der Waals surface area contributed by atoms with Crippen molar-refractivity contribution in [3.63, 3.8) is 0 Å². The minimum absolute atomic E-state index is 0.000611. The van der Waals surface area contributed by atoms with E-state index >= 15 is 0 Å². The summed E-state index contributed by atoms with van der Waals surface area (Å²) in [5, 5.41) is 0.619. The van der Waals surface area contributed by atoms with Gasteiger partial charge in [0, 0.05) is 34.3 Å². The molecule has 0 unspecified atom stereocenters. The number of piperidine rings is 1. The molecule has 1 heterocycles. The summed E-state index contributed by atoms with van der Waals surface area (Å²) in [6, 6.07) is 17.5. The van der Waals surface area contributed by atoms with Crippen molar-refractivity contribution in [2.45, 2.75) is 24.7 Å². The Morgan fingerprint density at radius 1 is 1.10 bits per heavy atom. The third kappa shape index (κ3) is 6.13. The molecule has 0 N–H and O–H groups in total. The minimum atomic E-state index is -0.156. The Labute approximate surface area is 187 Å². The van der Waals surface area contributed by atoms with Crippen molar-refractivity contribution < 1.29 is 14.3 Å². The number of hydrogen-bond acceptors (Lipinski definition) is 4. The molecule has 0 saturated carbocycles. The van der Waals surface area contributed by atoms with Gasteiger partial charge in [-0.15, -0.1) is 11.8 Å². The molecule has 4 nitrogen and oxygen atoms in total. The topological polar surface area (TPSA) is 46.6 Å². The molecule has 0 aromatic heterocycles. The van der Waals surface area contributed by atoms with Crippen LogP contribution in [0.4, 0.5) is 0 Å². The lowest BCUT2D eigenvalue weighted by Gasteiger charge is -2.31. The minimum Gasteiger partial charge on any atom is -0.466 e. The molecule has 6 heteroatoms. The molecule has 3 rings (SSSR count). The van der Waals surface area contributed by atoms with E-state index in [0.29, 0.717) is 48.9 Å². The van der Waals surface area contributed by atoms with Gasteiger partial charge in [-0.3, -0.25) is 9.59 Å². The van der Waals surface area contributed by atoms with Crippen LogP contribution in [0.2, 0.25) is 5.02 Å². The van der Waals surface area contributed by atoms with Crippen molar-refractivity contribution in [2.24, 2.45) is 5.92 Å². The summed E-state index contributed by atoms with van der Waals surface area (Å²) in [5.41, 5.74) is 1.53. The van der Waals surface area contributed by atoms with Gasteiger partial charge in [0.2, 0.25) is 0 Å². The molecular weight excluding hydrogens is 418 g/mol. The number of carbonyl (C=O) groups is 2. The van der Waals surface area contributed by atoms with Crippen molar-refractivity contribution in [3.8, 4) is 0 Å². The molecular formula is C24H26ClNO3S. The number of esters is 1. The zero-order valence-electron chi connectivity index (χ0n) is 17.1. The van der Waals surface area contributed by atoms with Crippen LogP contribution in [0.5, 0.6) is 0 Å². The molecule has 2 aromatic rings. The van der Waals surface area contributed by atoms with Crippen LogP contribution >= 0.6 is 23.4 Å². The normalized spacial score (nSPS) is 15.1. The second kappa shape index (κ2) is 11.2. The molecule has 2 aromatic carbocycles. The molecule has 0 atom stereocenters. The molecule has 0 radical (unpaired) electrons. The van der Waals surface area contributed by atoms with Crippen LogP contribution in [0, 0.1) is 5.92 Å². The monoisotopic (exact) mass is 443 g/mol. The molecule has 30 heavy (non-hydrogen) atoms. The van der Waals surface area contributed by atoms with Crippen LogP contribution in [0.25, 0.3) is 6.08 Å². The third-order valence-electron chi connectivity index (χ3n) is 5.05. The number of rotatable bonds is 7. The molecule has 1 amide bonds. The van der Waals surface area contributed by atoms with Gasteiger partial charge in [0.25, 0.3) is 5.91 Å². The number of thioether (sulfide) groups is 1. The van der Waals surface area contributed by atoms with E-state index in [1.807, 2.05) is 72.5 Å². The summed E-state index contributed by atoms with van der Waals surface area (Å²) < 4.78 is 5.13. The highest BCUT2D eigenvalue weighted by molar-refractivity contribution is 7.99. The fraction of sp³-hybridized carbons (Fsp3) is 0.333. The summed E-state index contributed by atoms with van der Waals surface area (Å²) in [6.45, 7) is 3.31. The molecule has 0 aliphatic carbocycles. The first-order valence-electron chi connectivity index (χ1n) is 10.2. The second-order valence-corrected chi connectivity index (χ2v) is 8.57. The standard InChI is InChI=1S/C24H26ClNO3S/c1-2-29-24(28)18-12-14-26(15-13-18)23(27)20(16-19-8-6-7-11-22(19)25)17-30-21-9-4-3-5-10-21/h3-11,16,18H,2,12-15,17H2,1H3/b20-16+. The first kappa shape index (κ1) is 22.4. The quantitative estimate of drug-likeness (QED) is 0.330. The Balaban J connectivity index is 1.73. The average Bonchev–Trinajstić information content (AvgIpc) is 2.78. The number of carbonyl (C=O) groups excluding carboxylic acids is 2.